The number of halogens is 1. The van der Waals surface area contributed by atoms with E-state index in [1.807, 2.05) is 25.1 Å². The number of fused-ring (bicyclic) bond motifs is 1. The topological polar surface area (TPSA) is 62.2 Å². The van der Waals surface area contributed by atoms with Gasteiger partial charge in [0.25, 0.3) is 0 Å². The van der Waals surface area contributed by atoms with Crippen LogP contribution in [0.2, 0.25) is 0 Å². The van der Waals surface area contributed by atoms with E-state index in [1.165, 1.54) is 0 Å². The van der Waals surface area contributed by atoms with Gasteiger partial charge in [0.2, 0.25) is 0 Å². The Morgan fingerprint density at radius 2 is 2.05 bits per heavy atom. The van der Waals surface area contributed by atoms with Crippen LogP contribution < -0.4 is 5.32 Å². The van der Waals surface area contributed by atoms with Crippen LogP contribution in [0, 0.1) is 6.92 Å². The summed E-state index contributed by atoms with van der Waals surface area (Å²) >= 11 is 3.53. The molecule has 3 rings (SSSR count). The molecule has 22 heavy (non-hydrogen) atoms. The fourth-order valence-electron chi connectivity index (χ4n) is 2.34. The molecule has 0 unspecified atom stereocenters. The van der Waals surface area contributed by atoms with E-state index in [0.717, 1.165) is 32.3 Å². The first-order chi connectivity index (χ1) is 10.5. The van der Waals surface area contributed by atoms with Crippen molar-refractivity contribution in [2.24, 2.45) is 0 Å². The van der Waals surface area contributed by atoms with Gasteiger partial charge < -0.3 is 10.4 Å². The van der Waals surface area contributed by atoms with Crippen molar-refractivity contribution in [3.8, 4) is 0 Å². The third kappa shape index (κ3) is 2.80. The molecule has 2 aromatic carbocycles. The molecule has 0 radical (unpaired) electrons. The Kier molecular flexibility index (Phi) is 3.81. The van der Waals surface area contributed by atoms with Gasteiger partial charge >= 0.3 is 5.97 Å². The van der Waals surface area contributed by atoms with Crippen molar-refractivity contribution in [3.63, 3.8) is 0 Å². The minimum Gasteiger partial charge on any atom is -0.478 e. The molecule has 4 nitrogen and oxygen atoms in total. The fraction of sp³-hybridized carbons (Fsp3) is 0.0588. The second kappa shape index (κ2) is 5.77. The summed E-state index contributed by atoms with van der Waals surface area (Å²) in [5.74, 6) is -0.943. The van der Waals surface area contributed by atoms with Gasteiger partial charge in [0, 0.05) is 27.4 Å². The van der Waals surface area contributed by atoms with Gasteiger partial charge in [-0.05, 0) is 64.8 Å². The molecule has 0 bridgehead atoms. The van der Waals surface area contributed by atoms with Crippen LogP contribution in [-0.4, -0.2) is 16.1 Å². The van der Waals surface area contributed by atoms with Gasteiger partial charge in [-0.1, -0.05) is 6.07 Å². The maximum atomic E-state index is 11.1. The van der Waals surface area contributed by atoms with Gasteiger partial charge in [-0.2, -0.15) is 0 Å². The number of carboxylic acid groups (broad SMARTS) is 1. The van der Waals surface area contributed by atoms with Crippen LogP contribution in [0.1, 0.15) is 15.9 Å². The Hall–Kier alpha value is -2.40. The first-order valence-corrected chi connectivity index (χ1v) is 7.49. The number of nitrogens with zero attached hydrogens (tertiary/aromatic N) is 1. The molecule has 0 fully saturated rings. The average Bonchev–Trinajstić information content (AvgIpc) is 2.48. The summed E-state index contributed by atoms with van der Waals surface area (Å²) < 4.78 is 0.936. The molecule has 5 heteroatoms. The van der Waals surface area contributed by atoms with Crippen molar-refractivity contribution >= 4 is 44.2 Å². The first kappa shape index (κ1) is 14.5. The van der Waals surface area contributed by atoms with E-state index >= 15 is 0 Å². The third-order valence-electron chi connectivity index (χ3n) is 3.33. The normalized spacial score (nSPS) is 10.6. The number of nitrogens with one attached hydrogen (secondary N) is 1. The summed E-state index contributed by atoms with van der Waals surface area (Å²) in [6.07, 6.45) is 1.73. The molecule has 0 aliphatic rings. The molecular formula is C17H13BrN2O2. The standard InChI is InChI=1S/C17H13BrN2O2/c1-10-7-13-15(5-6-19-16(13)14(18)8-10)20-12-4-2-3-11(9-12)17(21)22/h2-9H,1H3,(H,19,20)(H,21,22). The lowest BCUT2D eigenvalue weighted by atomic mass is 10.1. The van der Waals surface area contributed by atoms with Crippen molar-refractivity contribution in [1.82, 2.24) is 4.98 Å². The number of pyridine rings is 1. The molecule has 1 aromatic heterocycles. The minimum absolute atomic E-state index is 0.251. The highest BCUT2D eigenvalue weighted by Crippen LogP contribution is 2.31. The van der Waals surface area contributed by atoms with Crippen molar-refractivity contribution in [1.29, 1.82) is 0 Å². The van der Waals surface area contributed by atoms with Gasteiger partial charge in [-0.3, -0.25) is 4.98 Å². The average molecular weight is 357 g/mol. The first-order valence-electron chi connectivity index (χ1n) is 6.70. The number of benzene rings is 2. The lowest BCUT2D eigenvalue weighted by molar-refractivity contribution is 0.0697. The van der Waals surface area contributed by atoms with E-state index in [0.29, 0.717) is 0 Å². The molecule has 0 saturated carbocycles. The molecular weight excluding hydrogens is 344 g/mol. The number of hydrogen-bond acceptors (Lipinski definition) is 3. The van der Waals surface area contributed by atoms with Crippen LogP contribution in [0.25, 0.3) is 10.9 Å². The molecule has 110 valence electrons. The molecule has 0 atom stereocenters. The van der Waals surface area contributed by atoms with Crippen LogP contribution in [0.15, 0.2) is 53.1 Å². The Bertz CT molecular complexity index is 878. The quantitative estimate of drug-likeness (QED) is 0.710. The van der Waals surface area contributed by atoms with E-state index in [2.05, 4.69) is 32.3 Å². The maximum Gasteiger partial charge on any atom is 0.335 e. The second-order valence-corrected chi connectivity index (χ2v) is 5.87. The van der Waals surface area contributed by atoms with Gasteiger partial charge in [-0.15, -0.1) is 0 Å². The number of aryl methyl sites for hydroxylation is 1. The molecule has 0 amide bonds. The van der Waals surface area contributed by atoms with Crippen LogP contribution in [0.4, 0.5) is 11.4 Å². The second-order valence-electron chi connectivity index (χ2n) is 5.01. The number of aromatic nitrogens is 1. The molecule has 1 heterocycles. The number of carbonyl (C=O) groups is 1. The van der Waals surface area contributed by atoms with Gasteiger partial charge in [0.1, 0.15) is 0 Å². The number of aromatic carboxylic acids is 1. The molecule has 0 aliphatic heterocycles. The monoisotopic (exact) mass is 356 g/mol. The predicted molar refractivity (Wildman–Crippen MR) is 90.9 cm³/mol. The minimum atomic E-state index is -0.943. The number of hydrogen-bond donors (Lipinski definition) is 2. The molecule has 0 aliphatic carbocycles. The van der Waals surface area contributed by atoms with Crippen LogP contribution in [0.3, 0.4) is 0 Å². The predicted octanol–water partition coefficient (Wildman–Crippen LogP) is 4.75. The van der Waals surface area contributed by atoms with Gasteiger partial charge in [0.15, 0.2) is 0 Å². The van der Waals surface area contributed by atoms with Crippen LogP contribution in [0.5, 0.6) is 0 Å². The highest BCUT2D eigenvalue weighted by molar-refractivity contribution is 9.10. The molecule has 0 spiro atoms. The van der Waals surface area contributed by atoms with E-state index in [-0.39, 0.29) is 5.56 Å². The summed E-state index contributed by atoms with van der Waals surface area (Å²) in [6, 6.07) is 12.7. The number of carboxylic acids is 1. The molecule has 0 saturated heterocycles. The summed E-state index contributed by atoms with van der Waals surface area (Å²) in [6.45, 7) is 2.02. The van der Waals surface area contributed by atoms with Crippen molar-refractivity contribution < 1.29 is 9.90 Å². The zero-order valence-electron chi connectivity index (χ0n) is 11.8. The van der Waals surface area contributed by atoms with Crippen molar-refractivity contribution in [3.05, 3.63) is 64.3 Å². The summed E-state index contributed by atoms with van der Waals surface area (Å²) in [4.78, 5) is 15.5. The SMILES string of the molecule is Cc1cc(Br)c2nccc(Nc3cccc(C(=O)O)c3)c2c1. The Morgan fingerprint density at radius 3 is 2.82 bits per heavy atom. The van der Waals surface area contributed by atoms with Crippen LogP contribution in [-0.2, 0) is 0 Å². The number of anilines is 2. The lowest BCUT2D eigenvalue weighted by Crippen LogP contribution is -1.98. The van der Waals surface area contributed by atoms with E-state index in [1.54, 1.807) is 24.4 Å². The Balaban J connectivity index is 2.08. The zero-order chi connectivity index (χ0) is 15.7. The number of rotatable bonds is 3. The van der Waals surface area contributed by atoms with E-state index in [9.17, 15) is 4.79 Å². The Morgan fingerprint density at radius 1 is 1.23 bits per heavy atom. The fourth-order valence-corrected chi connectivity index (χ4v) is 3.02. The van der Waals surface area contributed by atoms with Crippen molar-refractivity contribution in [2.45, 2.75) is 6.92 Å². The summed E-state index contributed by atoms with van der Waals surface area (Å²) in [7, 11) is 0. The third-order valence-corrected chi connectivity index (χ3v) is 3.94. The summed E-state index contributed by atoms with van der Waals surface area (Å²) in [5, 5.41) is 13.3. The zero-order valence-corrected chi connectivity index (χ0v) is 13.4. The smallest absolute Gasteiger partial charge is 0.335 e. The molecule has 3 aromatic rings. The lowest BCUT2D eigenvalue weighted by Gasteiger charge is -2.11. The van der Waals surface area contributed by atoms with Crippen LogP contribution >= 0.6 is 15.9 Å². The molecule has 2 N–H and O–H groups in total. The van der Waals surface area contributed by atoms with E-state index in [4.69, 9.17) is 5.11 Å². The summed E-state index contributed by atoms with van der Waals surface area (Å²) in [5.41, 5.74) is 3.85. The van der Waals surface area contributed by atoms with Gasteiger partial charge in [0.05, 0.1) is 11.1 Å². The van der Waals surface area contributed by atoms with Gasteiger partial charge in [-0.25, -0.2) is 4.79 Å². The maximum absolute atomic E-state index is 11.1. The highest BCUT2D eigenvalue weighted by atomic mass is 79.9. The van der Waals surface area contributed by atoms with Crippen molar-refractivity contribution in [2.75, 3.05) is 5.32 Å². The largest absolute Gasteiger partial charge is 0.478 e. The highest BCUT2D eigenvalue weighted by Gasteiger charge is 2.08. The Labute approximate surface area is 135 Å². The van der Waals surface area contributed by atoms with E-state index < -0.39 is 5.97 Å².